The van der Waals surface area contributed by atoms with Crippen LogP contribution in [0.4, 0.5) is 10.1 Å². The van der Waals surface area contributed by atoms with Gasteiger partial charge in [0.05, 0.1) is 16.6 Å². The van der Waals surface area contributed by atoms with Crippen LogP contribution in [0.2, 0.25) is 0 Å². The van der Waals surface area contributed by atoms with Crippen LogP contribution in [0.5, 0.6) is 0 Å². The lowest BCUT2D eigenvalue weighted by molar-refractivity contribution is 0.312. The highest BCUT2D eigenvalue weighted by atomic mass is 32.1. The number of thiazole rings is 1. The van der Waals surface area contributed by atoms with E-state index in [9.17, 15) is 14.0 Å². The molecule has 1 aliphatic heterocycles. The Balaban J connectivity index is 1.79. The van der Waals surface area contributed by atoms with Gasteiger partial charge in [-0.15, -0.1) is 0 Å². The molecule has 0 spiro atoms. The SMILES string of the molecule is CN1CCN(c2cc3c(cc2F)c(=O)c2[nH]c(=O)sc2n3C2CC2)CC1. The Bertz CT molecular complexity index is 1140. The van der Waals surface area contributed by atoms with Crippen molar-refractivity contribution in [3.8, 4) is 0 Å². The zero-order valence-electron chi connectivity index (χ0n) is 14.4. The molecule has 5 rings (SSSR count). The van der Waals surface area contributed by atoms with E-state index < -0.39 is 0 Å². The van der Waals surface area contributed by atoms with Crippen molar-refractivity contribution in [3.05, 3.63) is 37.8 Å². The van der Waals surface area contributed by atoms with Gasteiger partial charge in [-0.1, -0.05) is 11.3 Å². The van der Waals surface area contributed by atoms with Crippen molar-refractivity contribution in [1.82, 2.24) is 14.5 Å². The second-order valence-electron chi connectivity index (χ2n) is 7.24. The number of hydrogen-bond acceptors (Lipinski definition) is 5. The molecule has 6 nitrogen and oxygen atoms in total. The highest BCUT2D eigenvalue weighted by molar-refractivity contribution is 7.16. The van der Waals surface area contributed by atoms with E-state index in [-0.39, 0.29) is 22.2 Å². The molecule has 2 aromatic heterocycles. The average molecular weight is 374 g/mol. The van der Waals surface area contributed by atoms with Crippen LogP contribution in [0.3, 0.4) is 0 Å². The van der Waals surface area contributed by atoms with Gasteiger partial charge in [0.15, 0.2) is 0 Å². The molecule has 3 aromatic rings. The van der Waals surface area contributed by atoms with Crippen LogP contribution in [0.25, 0.3) is 21.3 Å². The number of aromatic amines is 1. The van der Waals surface area contributed by atoms with Crippen LogP contribution >= 0.6 is 11.3 Å². The molecule has 136 valence electrons. The monoisotopic (exact) mass is 374 g/mol. The summed E-state index contributed by atoms with van der Waals surface area (Å²) < 4.78 is 16.9. The molecule has 1 saturated carbocycles. The van der Waals surface area contributed by atoms with Crippen molar-refractivity contribution in [2.24, 2.45) is 0 Å². The van der Waals surface area contributed by atoms with E-state index in [0.29, 0.717) is 21.4 Å². The largest absolute Gasteiger partial charge is 0.367 e. The van der Waals surface area contributed by atoms with E-state index in [1.807, 2.05) is 4.90 Å². The number of pyridine rings is 1. The fraction of sp³-hybridized carbons (Fsp3) is 0.444. The Kier molecular flexibility index (Phi) is 3.48. The third-order valence-corrected chi connectivity index (χ3v) is 6.28. The van der Waals surface area contributed by atoms with Gasteiger partial charge in [-0.2, -0.15) is 0 Å². The summed E-state index contributed by atoms with van der Waals surface area (Å²) in [5.74, 6) is -0.376. The molecule has 0 radical (unpaired) electrons. The maximum absolute atomic E-state index is 14.9. The Labute approximate surface area is 152 Å². The number of anilines is 1. The van der Waals surface area contributed by atoms with Gasteiger partial charge in [-0.05, 0) is 32.0 Å². The number of rotatable bonds is 2. The third-order valence-electron chi connectivity index (χ3n) is 5.40. The van der Waals surface area contributed by atoms with E-state index in [0.717, 1.165) is 55.9 Å². The van der Waals surface area contributed by atoms with Crippen LogP contribution in [0.15, 0.2) is 21.7 Å². The number of halogens is 1. The molecule has 1 aliphatic carbocycles. The van der Waals surface area contributed by atoms with E-state index in [1.54, 1.807) is 6.07 Å². The van der Waals surface area contributed by atoms with E-state index in [2.05, 4.69) is 21.5 Å². The minimum Gasteiger partial charge on any atom is -0.367 e. The zero-order chi connectivity index (χ0) is 18.0. The van der Waals surface area contributed by atoms with Gasteiger partial charge in [0, 0.05) is 32.2 Å². The number of likely N-dealkylation sites (N-methyl/N-ethyl adjacent to an activating group) is 1. The van der Waals surface area contributed by atoms with Gasteiger partial charge >= 0.3 is 4.87 Å². The highest BCUT2D eigenvalue weighted by Crippen LogP contribution is 2.40. The Morgan fingerprint density at radius 2 is 1.88 bits per heavy atom. The number of aromatic nitrogens is 2. The molecular formula is C18H19FN4O2S. The van der Waals surface area contributed by atoms with Gasteiger partial charge in [-0.3, -0.25) is 9.59 Å². The minimum atomic E-state index is -0.376. The number of H-pyrrole nitrogens is 1. The predicted octanol–water partition coefficient (Wildman–Crippen LogP) is 2.13. The van der Waals surface area contributed by atoms with Crippen molar-refractivity contribution in [1.29, 1.82) is 0 Å². The Morgan fingerprint density at radius 3 is 2.58 bits per heavy atom. The number of hydrogen-bond donors (Lipinski definition) is 1. The Morgan fingerprint density at radius 1 is 1.15 bits per heavy atom. The smallest absolute Gasteiger partial charge is 0.307 e. The van der Waals surface area contributed by atoms with Gasteiger partial charge in [0.25, 0.3) is 0 Å². The standard InChI is InChI=1S/C18H19FN4O2S/c1-21-4-6-22(7-5-21)14-9-13-11(8-12(14)19)16(24)15-17(26-18(25)20-15)23(13)10-2-3-10/h8-10H,2-7H2,1H3,(H,20,25). The van der Waals surface area contributed by atoms with Crippen LogP contribution in [0.1, 0.15) is 18.9 Å². The van der Waals surface area contributed by atoms with Crippen molar-refractivity contribution in [2.45, 2.75) is 18.9 Å². The number of fused-ring (bicyclic) bond motifs is 2. The summed E-state index contributed by atoms with van der Waals surface area (Å²) in [6, 6.07) is 3.43. The maximum atomic E-state index is 14.9. The summed E-state index contributed by atoms with van der Waals surface area (Å²) in [5, 5.41) is 0.342. The van der Waals surface area contributed by atoms with Crippen molar-refractivity contribution >= 4 is 38.3 Å². The normalized spacial score (nSPS) is 18.9. The van der Waals surface area contributed by atoms with Crippen molar-refractivity contribution in [3.63, 3.8) is 0 Å². The first-order valence-corrected chi connectivity index (χ1v) is 9.68. The zero-order valence-corrected chi connectivity index (χ0v) is 15.2. The molecule has 3 heterocycles. The van der Waals surface area contributed by atoms with E-state index >= 15 is 0 Å². The fourth-order valence-electron chi connectivity index (χ4n) is 3.80. The summed E-state index contributed by atoms with van der Waals surface area (Å²) in [6.45, 7) is 3.27. The lowest BCUT2D eigenvalue weighted by atomic mass is 10.1. The molecule has 0 unspecified atom stereocenters. The highest BCUT2D eigenvalue weighted by Gasteiger charge is 2.29. The molecule has 0 bridgehead atoms. The van der Waals surface area contributed by atoms with Crippen LogP contribution < -0.4 is 15.2 Å². The Hall–Kier alpha value is -2.19. The average Bonchev–Trinajstić information content (AvgIpc) is 3.37. The molecule has 1 saturated heterocycles. The van der Waals surface area contributed by atoms with E-state index in [1.165, 1.54) is 6.07 Å². The topological polar surface area (TPSA) is 61.3 Å². The third kappa shape index (κ3) is 2.39. The molecule has 1 aromatic carbocycles. The first-order chi connectivity index (χ1) is 12.5. The van der Waals surface area contributed by atoms with Gasteiger partial charge < -0.3 is 19.4 Å². The second-order valence-corrected chi connectivity index (χ2v) is 8.20. The van der Waals surface area contributed by atoms with Gasteiger partial charge in [-0.25, -0.2) is 4.39 Å². The van der Waals surface area contributed by atoms with Gasteiger partial charge in [0.2, 0.25) is 5.43 Å². The molecule has 26 heavy (non-hydrogen) atoms. The molecule has 2 fully saturated rings. The molecule has 8 heteroatoms. The number of piperazine rings is 1. The number of nitrogens with one attached hydrogen (secondary N) is 1. The molecular weight excluding hydrogens is 355 g/mol. The van der Waals surface area contributed by atoms with Crippen LogP contribution in [-0.2, 0) is 0 Å². The molecule has 0 amide bonds. The summed E-state index contributed by atoms with van der Waals surface area (Å²) in [6.07, 6.45) is 2.03. The van der Waals surface area contributed by atoms with Gasteiger partial charge in [0.1, 0.15) is 16.2 Å². The number of nitrogens with zero attached hydrogens (tertiary/aromatic N) is 3. The summed E-state index contributed by atoms with van der Waals surface area (Å²) in [5.41, 5.74) is 1.28. The summed E-state index contributed by atoms with van der Waals surface area (Å²) >= 11 is 1.06. The van der Waals surface area contributed by atoms with Crippen LogP contribution in [0, 0.1) is 5.82 Å². The van der Waals surface area contributed by atoms with E-state index in [4.69, 9.17) is 0 Å². The minimum absolute atomic E-state index is 0.249. The molecule has 0 atom stereocenters. The quantitative estimate of drug-likeness (QED) is 0.747. The second kappa shape index (κ2) is 5.65. The van der Waals surface area contributed by atoms with Crippen molar-refractivity contribution in [2.75, 3.05) is 38.1 Å². The van der Waals surface area contributed by atoms with Crippen molar-refractivity contribution < 1.29 is 4.39 Å². The predicted molar refractivity (Wildman–Crippen MR) is 102 cm³/mol. The fourth-order valence-corrected chi connectivity index (χ4v) is 4.72. The molecule has 1 N–H and O–H groups in total. The number of benzene rings is 1. The first kappa shape index (κ1) is 16.0. The lowest BCUT2D eigenvalue weighted by Crippen LogP contribution is -2.44. The summed E-state index contributed by atoms with van der Waals surface area (Å²) in [4.78, 5) is 32.0. The summed E-state index contributed by atoms with van der Waals surface area (Å²) in [7, 11) is 2.06. The molecule has 2 aliphatic rings. The first-order valence-electron chi connectivity index (χ1n) is 8.87. The maximum Gasteiger partial charge on any atom is 0.307 e. The lowest BCUT2D eigenvalue weighted by Gasteiger charge is -2.34. The van der Waals surface area contributed by atoms with Crippen LogP contribution in [-0.4, -0.2) is 47.7 Å².